The molecule has 0 saturated heterocycles. The first kappa shape index (κ1) is 14.2. The monoisotopic (exact) mass is 290 g/mol. The van der Waals surface area contributed by atoms with Crippen LogP contribution >= 0.6 is 11.6 Å². The van der Waals surface area contributed by atoms with Crippen LogP contribution in [0.2, 0.25) is 5.02 Å². The molecule has 0 spiro atoms. The molecule has 0 aliphatic carbocycles. The van der Waals surface area contributed by atoms with E-state index in [-0.39, 0.29) is 17.3 Å². The van der Waals surface area contributed by atoms with E-state index in [1.54, 1.807) is 24.3 Å². The Labute approximate surface area is 122 Å². The number of nitriles is 1. The quantitative estimate of drug-likeness (QED) is 0.858. The molecule has 0 aliphatic rings. The van der Waals surface area contributed by atoms with E-state index in [1.807, 2.05) is 6.07 Å². The van der Waals surface area contributed by atoms with Gasteiger partial charge in [0, 0.05) is 5.02 Å². The maximum absolute atomic E-state index is 9.18. The lowest BCUT2D eigenvalue weighted by molar-refractivity contribution is 0.295. The molecular formula is C14H15ClN4O. The van der Waals surface area contributed by atoms with Crippen molar-refractivity contribution < 1.29 is 4.74 Å². The van der Waals surface area contributed by atoms with Gasteiger partial charge in [-0.15, -0.1) is 5.10 Å². The van der Waals surface area contributed by atoms with Gasteiger partial charge >= 0.3 is 0 Å². The van der Waals surface area contributed by atoms with Crippen molar-refractivity contribution in [2.45, 2.75) is 19.8 Å². The van der Waals surface area contributed by atoms with Crippen molar-refractivity contribution in [2.24, 2.45) is 0 Å². The summed E-state index contributed by atoms with van der Waals surface area (Å²) in [6.07, 6.45) is 1.91. The Hall–Kier alpha value is -2.19. The molecule has 1 aromatic carbocycles. The molecular weight excluding hydrogens is 276 g/mol. The van der Waals surface area contributed by atoms with Gasteiger partial charge in [0.1, 0.15) is 11.9 Å². The average Bonchev–Trinajstić information content (AvgIpc) is 2.76. The summed E-state index contributed by atoms with van der Waals surface area (Å²) in [7, 11) is 0. The number of anilines is 1. The zero-order chi connectivity index (χ0) is 14.5. The summed E-state index contributed by atoms with van der Waals surface area (Å²) in [6.45, 7) is 2.58. The van der Waals surface area contributed by atoms with Gasteiger partial charge in [0.15, 0.2) is 5.56 Å². The normalized spacial score (nSPS) is 10.2. The predicted molar refractivity (Wildman–Crippen MR) is 78.1 cm³/mol. The molecule has 0 aliphatic heterocycles. The first-order valence-electron chi connectivity index (χ1n) is 6.34. The number of nitrogens with zero attached hydrogens (tertiary/aromatic N) is 3. The predicted octanol–water partition coefficient (Wildman–Crippen LogP) is 3.16. The summed E-state index contributed by atoms with van der Waals surface area (Å²) in [6, 6.07) is 9.07. The van der Waals surface area contributed by atoms with Gasteiger partial charge < -0.3 is 10.5 Å². The number of ether oxygens (including phenoxy) is 1. The minimum Gasteiger partial charge on any atom is -0.476 e. The molecule has 2 rings (SSSR count). The van der Waals surface area contributed by atoms with E-state index < -0.39 is 0 Å². The molecule has 1 aromatic heterocycles. The van der Waals surface area contributed by atoms with Crippen LogP contribution in [0.1, 0.15) is 25.3 Å². The second-order valence-corrected chi connectivity index (χ2v) is 4.70. The lowest BCUT2D eigenvalue weighted by Crippen LogP contribution is -2.02. The molecule has 0 bridgehead atoms. The molecule has 0 unspecified atom stereocenters. The Morgan fingerprint density at radius 2 is 2.10 bits per heavy atom. The number of aromatic nitrogens is 2. The number of benzene rings is 1. The Bertz CT molecular complexity index is 628. The van der Waals surface area contributed by atoms with Crippen LogP contribution in [0.15, 0.2) is 24.3 Å². The fourth-order valence-corrected chi connectivity index (χ4v) is 1.83. The molecule has 0 saturated carbocycles. The van der Waals surface area contributed by atoms with Gasteiger partial charge in [-0.05, 0) is 30.7 Å². The molecule has 2 aromatic rings. The highest BCUT2D eigenvalue weighted by molar-refractivity contribution is 6.30. The molecule has 2 N–H and O–H groups in total. The van der Waals surface area contributed by atoms with Crippen molar-refractivity contribution in [3.05, 3.63) is 34.9 Å². The molecule has 5 nitrogen and oxygen atoms in total. The van der Waals surface area contributed by atoms with Crippen LogP contribution in [-0.2, 0) is 0 Å². The first-order valence-corrected chi connectivity index (χ1v) is 6.72. The summed E-state index contributed by atoms with van der Waals surface area (Å²) in [5.74, 6) is 0.537. The number of halogens is 1. The second kappa shape index (κ2) is 6.31. The summed E-state index contributed by atoms with van der Waals surface area (Å²) in [5.41, 5.74) is 6.94. The maximum atomic E-state index is 9.18. The largest absolute Gasteiger partial charge is 0.476 e. The Kier molecular flexibility index (Phi) is 4.49. The molecule has 0 fully saturated rings. The highest BCUT2D eigenvalue weighted by Crippen LogP contribution is 2.26. The highest BCUT2D eigenvalue weighted by atomic mass is 35.5. The summed E-state index contributed by atoms with van der Waals surface area (Å²) < 4.78 is 7.00. The van der Waals surface area contributed by atoms with Crippen LogP contribution in [0.25, 0.3) is 5.69 Å². The summed E-state index contributed by atoms with van der Waals surface area (Å²) in [4.78, 5) is 0. The lowest BCUT2D eigenvalue weighted by Gasteiger charge is -2.03. The third-order valence-corrected chi connectivity index (χ3v) is 3.06. The van der Waals surface area contributed by atoms with Crippen LogP contribution in [0.3, 0.4) is 0 Å². The van der Waals surface area contributed by atoms with Crippen LogP contribution in [0.4, 0.5) is 5.82 Å². The van der Waals surface area contributed by atoms with Gasteiger partial charge in [-0.1, -0.05) is 24.9 Å². The van der Waals surface area contributed by atoms with Gasteiger partial charge in [-0.3, -0.25) is 0 Å². The molecule has 20 heavy (non-hydrogen) atoms. The fourth-order valence-electron chi connectivity index (χ4n) is 1.71. The molecule has 1 heterocycles. The van der Waals surface area contributed by atoms with Crippen molar-refractivity contribution in [2.75, 3.05) is 12.3 Å². The fraction of sp³-hybridized carbons (Fsp3) is 0.286. The maximum Gasteiger partial charge on any atom is 0.253 e. The summed E-state index contributed by atoms with van der Waals surface area (Å²) >= 11 is 5.85. The molecule has 104 valence electrons. The molecule has 0 radical (unpaired) electrons. The topological polar surface area (TPSA) is 76.9 Å². The van der Waals surface area contributed by atoms with Crippen molar-refractivity contribution in [1.29, 1.82) is 5.26 Å². The number of hydrogen-bond donors (Lipinski definition) is 1. The van der Waals surface area contributed by atoms with Crippen molar-refractivity contribution >= 4 is 17.4 Å². The Balaban J connectivity index is 2.35. The number of nitrogen functional groups attached to an aromatic ring is 1. The minimum absolute atomic E-state index is 0.260. The molecule has 0 amide bonds. The number of rotatable bonds is 5. The highest BCUT2D eigenvalue weighted by Gasteiger charge is 2.17. The van der Waals surface area contributed by atoms with Crippen LogP contribution in [0, 0.1) is 11.3 Å². The van der Waals surface area contributed by atoms with Gasteiger partial charge in [-0.2, -0.15) is 5.26 Å². The van der Waals surface area contributed by atoms with Gasteiger partial charge in [0.05, 0.1) is 12.3 Å². The molecule has 6 heteroatoms. The smallest absolute Gasteiger partial charge is 0.253 e. The Morgan fingerprint density at radius 1 is 1.40 bits per heavy atom. The van der Waals surface area contributed by atoms with Crippen LogP contribution < -0.4 is 10.5 Å². The zero-order valence-electron chi connectivity index (χ0n) is 11.1. The first-order chi connectivity index (χ1) is 9.67. The van der Waals surface area contributed by atoms with E-state index >= 15 is 0 Å². The van der Waals surface area contributed by atoms with E-state index in [0.29, 0.717) is 11.6 Å². The Morgan fingerprint density at radius 3 is 2.70 bits per heavy atom. The van der Waals surface area contributed by atoms with Crippen LogP contribution in [0.5, 0.6) is 5.88 Å². The molecule has 0 atom stereocenters. The van der Waals surface area contributed by atoms with Gasteiger partial charge in [0.25, 0.3) is 5.88 Å². The van der Waals surface area contributed by atoms with Crippen LogP contribution in [-0.4, -0.2) is 16.4 Å². The lowest BCUT2D eigenvalue weighted by atomic mass is 10.3. The minimum atomic E-state index is 0.260. The second-order valence-electron chi connectivity index (χ2n) is 4.27. The van der Waals surface area contributed by atoms with E-state index in [4.69, 9.17) is 22.1 Å². The SMILES string of the molecule is CCCCOc1nn(-c2ccc(Cl)cc2)c(N)c1C#N. The van der Waals surface area contributed by atoms with E-state index in [0.717, 1.165) is 18.5 Å². The van der Waals surface area contributed by atoms with Crippen molar-refractivity contribution in [3.63, 3.8) is 0 Å². The van der Waals surface area contributed by atoms with Gasteiger partial charge in [0.2, 0.25) is 0 Å². The average molecular weight is 291 g/mol. The third kappa shape index (κ3) is 2.86. The van der Waals surface area contributed by atoms with E-state index in [2.05, 4.69) is 12.0 Å². The number of nitrogens with two attached hydrogens (primary N) is 1. The van der Waals surface area contributed by atoms with Crippen molar-refractivity contribution in [1.82, 2.24) is 9.78 Å². The van der Waals surface area contributed by atoms with Gasteiger partial charge in [-0.25, -0.2) is 4.68 Å². The van der Waals surface area contributed by atoms with Crippen molar-refractivity contribution in [3.8, 4) is 17.6 Å². The van der Waals surface area contributed by atoms with E-state index in [1.165, 1.54) is 4.68 Å². The standard InChI is InChI=1S/C14H15ClN4O/c1-2-3-8-20-14-12(9-16)13(17)19(18-14)11-6-4-10(15)5-7-11/h4-7H,2-3,8,17H2,1H3. The number of hydrogen-bond acceptors (Lipinski definition) is 4. The zero-order valence-corrected chi connectivity index (χ0v) is 11.9. The number of unbranched alkanes of at least 4 members (excludes halogenated alkanes) is 1. The third-order valence-electron chi connectivity index (χ3n) is 2.81. The summed E-state index contributed by atoms with van der Waals surface area (Å²) in [5, 5.41) is 14.1. The van der Waals surface area contributed by atoms with E-state index in [9.17, 15) is 5.26 Å².